The van der Waals surface area contributed by atoms with Crippen LogP contribution in [0.25, 0.3) is 10.9 Å². The largest absolute Gasteiger partial charge is 0.496 e. The van der Waals surface area contributed by atoms with Gasteiger partial charge in [-0.05, 0) is 43.9 Å². The Morgan fingerprint density at radius 2 is 2.08 bits per heavy atom. The van der Waals surface area contributed by atoms with E-state index in [0.717, 1.165) is 6.42 Å². The molecule has 1 saturated carbocycles. The molecule has 1 aromatic heterocycles. The van der Waals surface area contributed by atoms with Crippen molar-refractivity contribution in [2.75, 3.05) is 13.7 Å². The maximum atomic E-state index is 14.0. The van der Waals surface area contributed by atoms with E-state index < -0.39 is 47.6 Å². The summed E-state index contributed by atoms with van der Waals surface area (Å²) in [6.07, 6.45) is 0.762. The lowest BCUT2D eigenvalue weighted by Crippen LogP contribution is -2.51. The second-order valence-electron chi connectivity index (χ2n) is 9.83. The Hall–Kier alpha value is -3.68. The van der Waals surface area contributed by atoms with Crippen molar-refractivity contribution in [3.63, 3.8) is 0 Å². The normalized spacial score (nSPS) is 24.2. The summed E-state index contributed by atoms with van der Waals surface area (Å²) in [6, 6.07) is 6.46. The number of aromatic nitrogens is 1. The Balaban J connectivity index is 1.50. The topological polar surface area (TPSA) is 136 Å². The van der Waals surface area contributed by atoms with E-state index in [4.69, 9.17) is 4.74 Å². The zero-order valence-electron chi connectivity index (χ0n) is 20.1. The van der Waals surface area contributed by atoms with Gasteiger partial charge < -0.3 is 25.7 Å². The highest BCUT2D eigenvalue weighted by atomic mass is 19.3. The van der Waals surface area contributed by atoms with Crippen LogP contribution in [0.15, 0.2) is 24.3 Å². The zero-order chi connectivity index (χ0) is 26.1. The van der Waals surface area contributed by atoms with Gasteiger partial charge in [-0.1, -0.05) is 13.0 Å². The lowest BCUT2D eigenvalue weighted by atomic mass is 9.91. The molecule has 4 N–H and O–H groups in total. The number of amides is 3. The van der Waals surface area contributed by atoms with Gasteiger partial charge in [-0.25, -0.2) is 8.78 Å². The summed E-state index contributed by atoms with van der Waals surface area (Å²) in [5.74, 6) is -4.40. The summed E-state index contributed by atoms with van der Waals surface area (Å²) >= 11 is 0. The van der Waals surface area contributed by atoms with Crippen molar-refractivity contribution in [2.45, 2.75) is 57.0 Å². The second-order valence-corrected chi connectivity index (χ2v) is 9.83. The lowest BCUT2D eigenvalue weighted by molar-refractivity contribution is -0.128. The first-order chi connectivity index (χ1) is 17.1. The van der Waals surface area contributed by atoms with Crippen LogP contribution in [0.5, 0.6) is 5.75 Å². The van der Waals surface area contributed by atoms with Gasteiger partial charge >= 0.3 is 0 Å². The molecule has 1 aromatic carbocycles. The van der Waals surface area contributed by atoms with E-state index in [1.807, 2.05) is 6.07 Å². The molecule has 36 heavy (non-hydrogen) atoms. The standard InChI is InChI=1S/C25H29F2N5O4/c1-24(13-25(24,26)27)11-19(23(35)30-15(12-28)9-14-5-4-8-29-21(14)33)32-22(34)18-10-16-17(31-18)6-3-7-20(16)36-2/h3,6-7,10,14-15,19,31H,4-5,8-9,11,13H2,1-2H3,(H,29,33)(H,30,35)(H,32,34)/t14?,15?,19-,24?/m0/s1. The number of piperidine rings is 1. The Bertz CT molecular complexity index is 1220. The van der Waals surface area contributed by atoms with Gasteiger partial charge in [0.25, 0.3) is 11.8 Å². The first-order valence-electron chi connectivity index (χ1n) is 11.9. The number of methoxy groups -OCH3 is 1. The molecule has 3 amide bonds. The number of ether oxygens (including phenoxy) is 1. The number of rotatable bonds is 9. The quantitative estimate of drug-likeness (QED) is 0.419. The Labute approximate surface area is 206 Å². The summed E-state index contributed by atoms with van der Waals surface area (Å²) in [4.78, 5) is 41.2. The molecular weight excluding hydrogens is 472 g/mol. The van der Waals surface area contributed by atoms with E-state index in [2.05, 4.69) is 20.9 Å². The van der Waals surface area contributed by atoms with E-state index in [1.165, 1.54) is 14.0 Å². The highest BCUT2D eigenvalue weighted by Gasteiger charge is 2.68. The van der Waals surface area contributed by atoms with Crippen molar-refractivity contribution >= 4 is 28.6 Å². The van der Waals surface area contributed by atoms with E-state index in [9.17, 15) is 28.4 Å². The molecule has 11 heteroatoms. The average Bonchev–Trinajstić information content (AvgIpc) is 3.15. The summed E-state index contributed by atoms with van der Waals surface area (Å²) < 4.78 is 33.3. The number of H-pyrrole nitrogens is 1. The van der Waals surface area contributed by atoms with Crippen LogP contribution in [-0.4, -0.2) is 54.4 Å². The third kappa shape index (κ3) is 5.12. The van der Waals surface area contributed by atoms with Gasteiger partial charge in [0.2, 0.25) is 11.8 Å². The number of benzene rings is 1. The highest BCUT2D eigenvalue weighted by Crippen LogP contribution is 2.62. The molecule has 0 spiro atoms. The SMILES string of the molecule is COc1cccc2[nH]c(C(=O)N[C@@H](CC3(C)CC3(F)F)C(=O)NC(C#N)CC3CCCNC3=O)cc12. The van der Waals surface area contributed by atoms with Crippen LogP contribution in [-0.2, 0) is 9.59 Å². The van der Waals surface area contributed by atoms with Gasteiger partial charge in [-0.3, -0.25) is 14.4 Å². The van der Waals surface area contributed by atoms with Gasteiger partial charge in [0.15, 0.2) is 0 Å². The summed E-state index contributed by atoms with van der Waals surface area (Å²) in [5, 5.41) is 18.1. The molecule has 1 saturated heterocycles. The Kier molecular flexibility index (Phi) is 6.89. The molecule has 4 atom stereocenters. The van der Waals surface area contributed by atoms with Crippen molar-refractivity contribution < 1.29 is 27.9 Å². The number of hydrogen-bond donors (Lipinski definition) is 4. The van der Waals surface area contributed by atoms with Crippen molar-refractivity contribution in [1.29, 1.82) is 5.26 Å². The monoisotopic (exact) mass is 501 g/mol. The first kappa shape index (κ1) is 25.4. The number of halogens is 2. The molecule has 2 heterocycles. The molecule has 0 radical (unpaired) electrons. The molecule has 3 unspecified atom stereocenters. The van der Waals surface area contributed by atoms with Crippen molar-refractivity contribution in [3.8, 4) is 11.8 Å². The van der Waals surface area contributed by atoms with Crippen LogP contribution in [0.4, 0.5) is 8.78 Å². The fraction of sp³-hybridized carbons (Fsp3) is 0.520. The van der Waals surface area contributed by atoms with Crippen LogP contribution < -0.4 is 20.7 Å². The molecule has 1 aliphatic carbocycles. The second kappa shape index (κ2) is 9.76. The fourth-order valence-corrected chi connectivity index (χ4v) is 4.75. The average molecular weight is 502 g/mol. The summed E-state index contributed by atoms with van der Waals surface area (Å²) in [5.41, 5.74) is -0.677. The third-order valence-electron chi connectivity index (χ3n) is 7.13. The van der Waals surface area contributed by atoms with Crippen molar-refractivity contribution in [2.24, 2.45) is 11.3 Å². The van der Waals surface area contributed by atoms with Crippen molar-refractivity contribution in [3.05, 3.63) is 30.0 Å². The highest BCUT2D eigenvalue weighted by molar-refractivity contribution is 6.01. The van der Waals surface area contributed by atoms with Crippen LogP contribution in [0, 0.1) is 22.7 Å². The van der Waals surface area contributed by atoms with E-state index >= 15 is 0 Å². The van der Waals surface area contributed by atoms with E-state index in [-0.39, 0.29) is 24.4 Å². The summed E-state index contributed by atoms with van der Waals surface area (Å²) in [6.45, 7) is 1.93. The predicted octanol–water partition coefficient (Wildman–Crippen LogP) is 2.63. The number of nitriles is 1. The number of nitrogens with one attached hydrogen (secondary N) is 4. The zero-order valence-corrected chi connectivity index (χ0v) is 20.1. The number of hydrogen-bond acceptors (Lipinski definition) is 5. The third-order valence-corrected chi connectivity index (χ3v) is 7.13. The molecule has 2 aromatic rings. The molecule has 0 bridgehead atoms. The minimum absolute atomic E-state index is 0.101. The first-order valence-corrected chi connectivity index (χ1v) is 11.9. The van der Waals surface area contributed by atoms with E-state index in [0.29, 0.717) is 29.6 Å². The summed E-state index contributed by atoms with van der Waals surface area (Å²) in [7, 11) is 1.50. The fourth-order valence-electron chi connectivity index (χ4n) is 4.75. The van der Waals surface area contributed by atoms with Crippen LogP contribution in [0.2, 0.25) is 0 Å². The maximum Gasteiger partial charge on any atom is 0.268 e. The molecular formula is C25H29F2N5O4. The molecule has 1 aliphatic heterocycles. The molecule has 9 nitrogen and oxygen atoms in total. The van der Waals surface area contributed by atoms with E-state index in [1.54, 1.807) is 24.3 Å². The van der Waals surface area contributed by atoms with Crippen LogP contribution >= 0.6 is 0 Å². The number of carbonyl (C=O) groups is 3. The molecule has 2 fully saturated rings. The van der Waals surface area contributed by atoms with Gasteiger partial charge in [0.1, 0.15) is 23.5 Å². The van der Waals surface area contributed by atoms with Gasteiger partial charge in [0, 0.05) is 35.2 Å². The van der Waals surface area contributed by atoms with Gasteiger partial charge in [-0.15, -0.1) is 0 Å². The smallest absolute Gasteiger partial charge is 0.268 e. The number of fused-ring (bicyclic) bond motifs is 1. The number of carbonyl (C=O) groups excluding carboxylic acids is 3. The van der Waals surface area contributed by atoms with Crippen LogP contribution in [0.3, 0.4) is 0 Å². The Morgan fingerprint density at radius 3 is 2.72 bits per heavy atom. The van der Waals surface area contributed by atoms with Crippen molar-refractivity contribution in [1.82, 2.24) is 20.9 Å². The molecule has 4 rings (SSSR count). The number of nitrogens with zero attached hydrogens (tertiary/aromatic N) is 1. The number of alkyl halides is 2. The van der Waals surface area contributed by atoms with Crippen LogP contribution in [0.1, 0.15) is 49.5 Å². The van der Waals surface area contributed by atoms with Gasteiger partial charge in [-0.2, -0.15) is 5.26 Å². The molecule has 192 valence electrons. The minimum atomic E-state index is -2.94. The Morgan fingerprint density at radius 1 is 1.33 bits per heavy atom. The number of aromatic amines is 1. The lowest BCUT2D eigenvalue weighted by Gasteiger charge is -2.26. The maximum absolute atomic E-state index is 14.0. The predicted molar refractivity (Wildman–Crippen MR) is 126 cm³/mol. The minimum Gasteiger partial charge on any atom is -0.496 e. The molecule has 2 aliphatic rings. The van der Waals surface area contributed by atoms with Gasteiger partial charge in [0.05, 0.1) is 13.2 Å².